The van der Waals surface area contributed by atoms with Gasteiger partial charge < -0.3 is 5.11 Å². The fourth-order valence-corrected chi connectivity index (χ4v) is 2.11. The summed E-state index contributed by atoms with van der Waals surface area (Å²) in [6.07, 6.45) is 0.443. The molecule has 2 aromatic rings. The maximum atomic E-state index is 11.6. The molecule has 0 radical (unpaired) electrons. The zero-order chi connectivity index (χ0) is 13.8. The van der Waals surface area contributed by atoms with Crippen molar-refractivity contribution in [1.29, 1.82) is 0 Å². The second-order valence-corrected chi connectivity index (χ2v) is 4.36. The largest absolute Gasteiger partial charge is 0.478 e. The van der Waals surface area contributed by atoms with E-state index in [1.165, 1.54) is 13.0 Å². The number of aromatic carboxylic acids is 1. The molecule has 0 saturated carbocycles. The van der Waals surface area contributed by atoms with Crippen LogP contribution >= 0.6 is 0 Å². The normalized spacial score (nSPS) is 10.2. The monoisotopic (exact) mass is 254 g/mol. The molecular weight excluding hydrogens is 240 g/mol. The van der Waals surface area contributed by atoms with Crippen LogP contribution in [-0.2, 0) is 6.42 Å². The van der Waals surface area contributed by atoms with Gasteiger partial charge in [-0.2, -0.15) is 0 Å². The van der Waals surface area contributed by atoms with Crippen molar-refractivity contribution in [3.8, 4) is 0 Å². The number of carboxylic acid groups (broad SMARTS) is 1. The summed E-state index contributed by atoms with van der Waals surface area (Å²) in [4.78, 5) is 22.9. The molecule has 2 aromatic carbocycles. The van der Waals surface area contributed by atoms with Crippen molar-refractivity contribution in [3.63, 3.8) is 0 Å². The van der Waals surface area contributed by atoms with Crippen molar-refractivity contribution in [3.05, 3.63) is 70.8 Å². The molecule has 0 aliphatic heterocycles. The lowest BCUT2D eigenvalue weighted by molar-refractivity contribution is 0.0696. The van der Waals surface area contributed by atoms with E-state index in [0.717, 1.165) is 5.56 Å². The van der Waals surface area contributed by atoms with Gasteiger partial charge in [-0.1, -0.05) is 42.5 Å². The van der Waals surface area contributed by atoms with E-state index in [0.29, 0.717) is 17.5 Å². The number of hydrogen-bond acceptors (Lipinski definition) is 2. The molecule has 0 bridgehead atoms. The number of carbonyl (C=O) groups excluding carboxylic acids is 1. The van der Waals surface area contributed by atoms with E-state index >= 15 is 0 Å². The van der Waals surface area contributed by atoms with Crippen LogP contribution < -0.4 is 0 Å². The van der Waals surface area contributed by atoms with E-state index in [1.54, 1.807) is 12.1 Å². The number of carbonyl (C=O) groups is 2. The first-order chi connectivity index (χ1) is 9.09. The number of rotatable bonds is 4. The number of benzene rings is 2. The van der Waals surface area contributed by atoms with Crippen LogP contribution in [0.5, 0.6) is 0 Å². The van der Waals surface area contributed by atoms with E-state index in [-0.39, 0.29) is 11.3 Å². The number of carboxylic acids is 1. The van der Waals surface area contributed by atoms with Crippen molar-refractivity contribution >= 4 is 11.8 Å². The first-order valence-corrected chi connectivity index (χ1v) is 5.99. The molecule has 0 unspecified atom stereocenters. The number of Topliss-reactive ketones (excluding diaryl/α,β-unsaturated/α-hetero) is 1. The van der Waals surface area contributed by atoms with Crippen LogP contribution in [0.1, 0.15) is 38.8 Å². The van der Waals surface area contributed by atoms with Crippen LogP contribution in [0, 0.1) is 0 Å². The first-order valence-electron chi connectivity index (χ1n) is 5.99. The predicted molar refractivity (Wildman–Crippen MR) is 72.7 cm³/mol. The first kappa shape index (κ1) is 13.0. The molecule has 3 nitrogen and oxygen atoms in total. The van der Waals surface area contributed by atoms with Gasteiger partial charge >= 0.3 is 5.97 Å². The Morgan fingerprint density at radius 2 is 1.58 bits per heavy atom. The summed E-state index contributed by atoms with van der Waals surface area (Å²) in [5, 5.41) is 9.24. The Morgan fingerprint density at radius 3 is 2.16 bits per heavy atom. The van der Waals surface area contributed by atoms with Crippen LogP contribution in [-0.4, -0.2) is 16.9 Å². The Morgan fingerprint density at radius 1 is 0.947 bits per heavy atom. The van der Waals surface area contributed by atoms with E-state index in [9.17, 15) is 14.7 Å². The summed E-state index contributed by atoms with van der Waals surface area (Å²) in [5.74, 6) is -1.12. The minimum Gasteiger partial charge on any atom is -0.478 e. The molecule has 0 aromatic heterocycles. The molecular formula is C16H14O3. The Balaban J connectivity index is 2.52. The highest BCUT2D eigenvalue weighted by Gasteiger charge is 2.16. The van der Waals surface area contributed by atoms with Gasteiger partial charge in [-0.3, -0.25) is 4.79 Å². The zero-order valence-corrected chi connectivity index (χ0v) is 10.6. The molecule has 0 heterocycles. The number of hydrogen-bond donors (Lipinski definition) is 1. The second kappa shape index (κ2) is 5.48. The minimum absolute atomic E-state index is 0.117. The molecule has 0 aliphatic carbocycles. The summed E-state index contributed by atoms with van der Waals surface area (Å²) in [6, 6.07) is 14.3. The minimum atomic E-state index is -1.01. The van der Waals surface area contributed by atoms with Crippen molar-refractivity contribution in [2.45, 2.75) is 13.3 Å². The lowest BCUT2D eigenvalue weighted by Crippen LogP contribution is -2.09. The third-order valence-corrected chi connectivity index (χ3v) is 3.01. The van der Waals surface area contributed by atoms with E-state index in [4.69, 9.17) is 0 Å². The average Bonchev–Trinajstić information content (AvgIpc) is 2.39. The van der Waals surface area contributed by atoms with Gasteiger partial charge in [0, 0.05) is 5.56 Å². The van der Waals surface area contributed by atoms with Gasteiger partial charge in [-0.15, -0.1) is 0 Å². The van der Waals surface area contributed by atoms with Crippen molar-refractivity contribution in [2.75, 3.05) is 0 Å². The third-order valence-electron chi connectivity index (χ3n) is 3.01. The highest BCUT2D eigenvalue weighted by molar-refractivity contribution is 6.00. The smallest absolute Gasteiger partial charge is 0.335 e. The third kappa shape index (κ3) is 2.88. The average molecular weight is 254 g/mol. The molecule has 0 saturated heterocycles. The van der Waals surface area contributed by atoms with E-state index in [1.807, 2.05) is 30.3 Å². The predicted octanol–water partition coefficient (Wildman–Crippen LogP) is 3.18. The second-order valence-electron chi connectivity index (χ2n) is 4.36. The lowest BCUT2D eigenvalue weighted by atomic mass is 9.93. The molecule has 0 atom stereocenters. The molecule has 1 N–H and O–H groups in total. The highest BCUT2D eigenvalue weighted by Crippen LogP contribution is 2.20. The van der Waals surface area contributed by atoms with Crippen LogP contribution in [0.25, 0.3) is 0 Å². The van der Waals surface area contributed by atoms with Gasteiger partial charge in [-0.05, 0) is 30.5 Å². The summed E-state index contributed by atoms with van der Waals surface area (Å²) in [6.45, 7) is 1.45. The Hall–Kier alpha value is -2.42. The SMILES string of the molecule is CC(=O)c1cccc(C(=O)O)c1Cc1ccccc1. The molecule has 19 heavy (non-hydrogen) atoms. The topological polar surface area (TPSA) is 54.4 Å². The van der Waals surface area contributed by atoms with Gasteiger partial charge in [0.05, 0.1) is 5.56 Å². The van der Waals surface area contributed by atoms with Crippen LogP contribution in [0.15, 0.2) is 48.5 Å². The highest BCUT2D eigenvalue weighted by atomic mass is 16.4. The molecule has 0 aliphatic rings. The van der Waals surface area contributed by atoms with E-state index in [2.05, 4.69) is 0 Å². The summed E-state index contributed by atoms with van der Waals surface area (Å²) < 4.78 is 0. The molecule has 0 fully saturated rings. The molecule has 2 rings (SSSR count). The number of ketones is 1. The fraction of sp³-hybridized carbons (Fsp3) is 0.125. The maximum Gasteiger partial charge on any atom is 0.335 e. The van der Waals surface area contributed by atoms with Crippen molar-refractivity contribution in [2.24, 2.45) is 0 Å². The lowest BCUT2D eigenvalue weighted by Gasteiger charge is -2.10. The summed E-state index contributed by atoms with van der Waals surface area (Å²) >= 11 is 0. The summed E-state index contributed by atoms with van der Waals surface area (Å²) in [7, 11) is 0. The Bertz CT molecular complexity index is 583. The van der Waals surface area contributed by atoms with Crippen LogP contribution in [0.3, 0.4) is 0 Å². The standard InChI is InChI=1S/C16H14O3/c1-11(17)13-8-5-9-14(16(18)19)15(13)10-12-6-3-2-4-7-12/h2-9H,10H2,1H3,(H,18,19). The van der Waals surface area contributed by atoms with Crippen molar-refractivity contribution in [1.82, 2.24) is 0 Å². The fourth-order valence-electron chi connectivity index (χ4n) is 2.11. The van der Waals surface area contributed by atoms with Crippen LogP contribution in [0.4, 0.5) is 0 Å². The molecule has 3 heteroatoms. The van der Waals surface area contributed by atoms with Crippen molar-refractivity contribution < 1.29 is 14.7 Å². The van der Waals surface area contributed by atoms with Gasteiger partial charge in [-0.25, -0.2) is 4.79 Å². The Labute approximate surface area is 111 Å². The van der Waals surface area contributed by atoms with Crippen LogP contribution in [0.2, 0.25) is 0 Å². The zero-order valence-electron chi connectivity index (χ0n) is 10.6. The van der Waals surface area contributed by atoms with E-state index < -0.39 is 5.97 Å². The molecule has 0 amide bonds. The van der Waals surface area contributed by atoms with Gasteiger partial charge in [0.2, 0.25) is 0 Å². The summed E-state index contributed by atoms with van der Waals surface area (Å²) in [5.41, 5.74) is 2.23. The van der Waals surface area contributed by atoms with Gasteiger partial charge in [0.15, 0.2) is 5.78 Å². The molecule has 96 valence electrons. The quantitative estimate of drug-likeness (QED) is 0.852. The van der Waals surface area contributed by atoms with Gasteiger partial charge in [0.1, 0.15) is 0 Å². The van der Waals surface area contributed by atoms with Gasteiger partial charge in [0.25, 0.3) is 0 Å². The Kier molecular flexibility index (Phi) is 3.76. The maximum absolute atomic E-state index is 11.6. The molecule has 0 spiro atoms.